The molecule has 0 fully saturated rings. The molecule has 0 saturated carbocycles. The van der Waals surface area contributed by atoms with E-state index in [1.165, 1.54) is 7.11 Å². The van der Waals surface area contributed by atoms with E-state index in [4.69, 9.17) is 0 Å². The van der Waals surface area contributed by atoms with E-state index in [1.807, 2.05) is 44.1 Å². The molecule has 0 radical (unpaired) electrons. The van der Waals surface area contributed by atoms with Crippen LogP contribution in [0, 0.1) is 6.92 Å². The van der Waals surface area contributed by atoms with Crippen molar-refractivity contribution in [2.45, 2.75) is 26.2 Å². The zero-order valence-electron chi connectivity index (χ0n) is 13.7. The Morgan fingerprint density at radius 3 is 2.55 bits per heavy atom. The van der Waals surface area contributed by atoms with E-state index >= 15 is 0 Å². The minimum Gasteiger partial charge on any atom is -0.469 e. The van der Waals surface area contributed by atoms with Gasteiger partial charge in [0.25, 0.3) is 0 Å². The van der Waals surface area contributed by atoms with Gasteiger partial charge >= 0.3 is 12.0 Å². The molecule has 1 aromatic rings. The molecule has 1 aromatic carbocycles. The number of hydrogen-bond donors (Lipinski definition) is 2. The van der Waals surface area contributed by atoms with Crippen molar-refractivity contribution < 1.29 is 14.3 Å². The van der Waals surface area contributed by atoms with Gasteiger partial charge in [-0.3, -0.25) is 4.79 Å². The molecule has 0 aromatic heterocycles. The van der Waals surface area contributed by atoms with Crippen LogP contribution in [0.5, 0.6) is 0 Å². The number of nitrogens with one attached hydrogen (secondary N) is 2. The number of esters is 1. The Hall–Kier alpha value is -2.24. The molecule has 2 amide bonds. The largest absolute Gasteiger partial charge is 0.469 e. The molecule has 0 aliphatic heterocycles. The lowest BCUT2D eigenvalue weighted by Crippen LogP contribution is -2.29. The Kier molecular flexibility index (Phi) is 7.22. The number of carbonyl (C=O) groups is 2. The van der Waals surface area contributed by atoms with Gasteiger partial charge in [-0.05, 0) is 43.5 Å². The third-order valence-corrected chi connectivity index (χ3v) is 3.26. The molecule has 0 aliphatic rings. The molecule has 122 valence electrons. The van der Waals surface area contributed by atoms with Crippen LogP contribution < -0.4 is 15.5 Å². The smallest absolute Gasteiger partial charge is 0.319 e. The van der Waals surface area contributed by atoms with Gasteiger partial charge in [0.15, 0.2) is 0 Å². The standard InChI is InChI=1S/C16H25N3O3/c1-12-11-13(8-9-14(12)19(2)3)18-16(21)17-10-6-5-7-15(20)22-4/h8-9,11H,5-7,10H2,1-4H3,(H2,17,18,21). The summed E-state index contributed by atoms with van der Waals surface area (Å²) in [5.41, 5.74) is 2.98. The van der Waals surface area contributed by atoms with Crippen LogP contribution in [0.25, 0.3) is 0 Å². The second kappa shape index (κ2) is 8.92. The summed E-state index contributed by atoms with van der Waals surface area (Å²) in [4.78, 5) is 24.7. The van der Waals surface area contributed by atoms with E-state index in [0.29, 0.717) is 19.4 Å². The average molecular weight is 307 g/mol. The molecule has 1 rings (SSSR count). The Bertz CT molecular complexity index is 515. The predicted molar refractivity (Wildman–Crippen MR) is 88.4 cm³/mol. The van der Waals surface area contributed by atoms with Gasteiger partial charge in [0.1, 0.15) is 0 Å². The maximum absolute atomic E-state index is 11.8. The van der Waals surface area contributed by atoms with Crippen molar-refractivity contribution in [3.8, 4) is 0 Å². The molecule has 6 heteroatoms. The van der Waals surface area contributed by atoms with Crippen LogP contribution in [0.15, 0.2) is 18.2 Å². The zero-order chi connectivity index (χ0) is 16.5. The molecule has 0 spiro atoms. The first-order chi connectivity index (χ1) is 10.4. The number of ether oxygens (including phenoxy) is 1. The maximum Gasteiger partial charge on any atom is 0.319 e. The van der Waals surface area contributed by atoms with Crippen LogP contribution in [0.1, 0.15) is 24.8 Å². The van der Waals surface area contributed by atoms with E-state index < -0.39 is 0 Å². The fourth-order valence-electron chi connectivity index (χ4n) is 2.11. The Morgan fingerprint density at radius 1 is 1.23 bits per heavy atom. The van der Waals surface area contributed by atoms with Crippen molar-refractivity contribution in [3.05, 3.63) is 23.8 Å². The summed E-state index contributed by atoms with van der Waals surface area (Å²) in [6.45, 7) is 2.53. The highest BCUT2D eigenvalue weighted by atomic mass is 16.5. The van der Waals surface area contributed by atoms with Crippen molar-refractivity contribution in [2.75, 3.05) is 38.0 Å². The second-order valence-electron chi connectivity index (χ2n) is 5.31. The van der Waals surface area contributed by atoms with Crippen LogP contribution in [-0.4, -0.2) is 39.8 Å². The maximum atomic E-state index is 11.8. The first-order valence-electron chi connectivity index (χ1n) is 7.33. The van der Waals surface area contributed by atoms with E-state index in [0.717, 1.165) is 23.4 Å². The van der Waals surface area contributed by atoms with Crippen LogP contribution in [0.3, 0.4) is 0 Å². The van der Waals surface area contributed by atoms with Gasteiger partial charge in [-0.25, -0.2) is 4.79 Å². The van der Waals surface area contributed by atoms with Crippen LogP contribution >= 0.6 is 0 Å². The number of carbonyl (C=O) groups excluding carboxylic acids is 2. The van der Waals surface area contributed by atoms with Crippen molar-refractivity contribution in [1.82, 2.24) is 5.32 Å². The predicted octanol–water partition coefficient (Wildman–Crippen LogP) is 2.53. The minimum absolute atomic E-state index is 0.221. The third-order valence-electron chi connectivity index (χ3n) is 3.26. The molecular weight excluding hydrogens is 282 g/mol. The fraction of sp³-hybridized carbons (Fsp3) is 0.500. The van der Waals surface area contributed by atoms with E-state index in [2.05, 4.69) is 15.4 Å². The SMILES string of the molecule is COC(=O)CCCCNC(=O)Nc1ccc(N(C)C)c(C)c1. The van der Waals surface area contributed by atoms with Crippen molar-refractivity contribution >= 4 is 23.4 Å². The summed E-state index contributed by atoms with van der Waals surface area (Å²) in [5.74, 6) is -0.221. The van der Waals surface area contributed by atoms with Gasteiger partial charge in [0, 0.05) is 38.4 Å². The Labute approximate surface area is 131 Å². The van der Waals surface area contributed by atoms with Gasteiger partial charge in [0.2, 0.25) is 0 Å². The van der Waals surface area contributed by atoms with Crippen molar-refractivity contribution in [3.63, 3.8) is 0 Å². The molecular formula is C16H25N3O3. The number of nitrogens with zero attached hydrogens (tertiary/aromatic N) is 1. The number of benzene rings is 1. The second-order valence-corrected chi connectivity index (χ2v) is 5.31. The number of anilines is 2. The normalized spacial score (nSPS) is 10.0. The highest BCUT2D eigenvalue weighted by Gasteiger charge is 2.05. The molecule has 0 heterocycles. The number of aryl methyl sites for hydroxylation is 1. The van der Waals surface area contributed by atoms with Crippen LogP contribution in [-0.2, 0) is 9.53 Å². The lowest BCUT2D eigenvalue weighted by molar-refractivity contribution is -0.140. The van der Waals surface area contributed by atoms with Crippen LogP contribution in [0.2, 0.25) is 0 Å². The molecule has 0 aliphatic carbocycles. The first kappa shape index (κ1) is 17.8. The van der Waals surface area contributed by atoms with E-state index in [-0.39, 0.29) is 12.0 Å². The van der Waals surface area contributed by atoms with Gasteiger partial charge in [0.05, 0.1) is 7.11 Å². The lowest BCUT2D eigenvalue weighted by Gasteiger charge is -2.16. The first-order valence-corrected chi connectivity index (χ1v) is 7.33. The number of urea groups is 1. The fourth-order valence-corrected chi connectivity index (χ4v) is 2.11. The van der Waals surface area contributed by atoms with Crippen LogP contribution in [0.4, 0.5) is 16.2 Å². The topological polar surface area (TPSA) is 70.7 Å². The molecule has 2 N–H and O–H groups in total. The average Bonchev–Trinajstić information content (AvgIpc) is 2.46. The van der Waals surface area contributed by atoms with E-state index in [1.54, 1.807) is 0 Å². The Balaban J connectivity index is 2.33. The molecule has 6 nitrogen and oxygen atoms in total. The monoisotopic (exact) mass is 307 g/mol. The number of hydrogen-bond acceptors (Lipinski definition) is 4. The summed E-state index contributed by atoms with van der Waals surface area (Å²) in [6, 6.07) is 5.54. The number of unbranched alkanes of at least 4 members (excludes halogenated alkanes) is 1. The molecule has 0 bridgehead atoms. The van der Waals surface area contributed by atoms with Gasteiger partial charge in [-0.1, -0.05) is 0 Å². The highest BCUT2D eigenvalue weighted by molar-refractivity contribution is 5.89. The molecule has 22 heavy (non-hydrogen) atoms. The summed E-state index contributed by atoms with van der Waals surface area (Å²) in [6.07, 6.45) is 1.82. The lowest BCUT2D eigenvalue weighted by atomic mass is 10.1. The number of methoxy groups -OCH3 is 1. The summed E-state index contributed by atoms with van der Waals surface area (Å²) in [5, 5.41) is 5.57. The Morgan fingerprint density at radius 2 is 1.95 bits per heavy atom. The van der Waals surface area contributed by atoms with Gasteiger partial charge in [-0.15, -0.1) is 0 Å². The molecule has 0 unspecified atom stereocenters. The summed E-state index contributed by atoms with van der Waals surface area (Å²) < 4.78 is 4.55. The van der Waals surface area contributed by atoms with Gasteiger partial charge in [-0.2, -0.15) is 0 Å². The highest BCUT2D eigenvalue weighted by Crippen LogP contribution is 2.21. The number of rotatable bonds is 7. The quantitative estimate of drug-likeness (QED) is 0.600. The van der Waals surface area contributed by atoms with E-state index in [9.17, 15) is 9.59 Å². The zero-order valence-corrected chi connectivity index (χ0v) is 13.7. The molecule has 0 saturated heterocycles. The van der Waals surface area contributed by atoms with Crippen molar-refractivity contribution in [2.24, 2.45) is 0 Å². The third kappa shape index (κ3) is 6.03. The van der Waals surface area contributed by atoms with Crippen molar-refractivity contribution in [1.29, 1.82) is 0 Å². The summed E-state index contributed by atoms with van der Waals surface area (Å²) >= 11 is 0. The molecule has 0 atom stereocenters. The minimum atomic E-state index is -0.241. The number of amides is 2. The van der Waals surface area contributed by atoms with Gasteiger partial charge < -0.3 is 20.3 Å². The summed E-state index contributed by atoms with van der Waals surface area (Å²) in [7, 11) is 5.34.